The van der Waals surface area contributed by atoms with Crippen molar-refractivity contribution in [2.24, 2.45) is 0 Å². The molecule has 2 heterocycles. The molecule has 0 aliphatic carbocycles. The highest BCUT2D eigenvalue weighted by Gasteiger charge is 2.35. The van der Waals surface area contributed by atoms with Crippen molar-refractivity contribution >= 4 is 46.8 Å². The molecular formula is C20H11Cl2FN2O3. The van der Waals surface area contributed by atoms with Gasteiger partial charge in [0.1, 0.15) is 22.9 Å². The zero-order chi connectivity index (χ0) is 19.8. The lowest BCUT2D eigenvalue weighted by Gasteiger charge is -2.14. The second kappa shape index (κ2) is 7.14. The Labute approximate surface area is 168 Å². The van der Waals surface area contributed by atoms with Crippen molar-refractivity contribution in [2.75, 3.05) is 5.01 Å². The third-order valence-electron chi connectivity index (χ3n) is 4.09. The number of hydrogen-bond donors (Lipinski definition) is 1. The molecule has 1 aliphatic rings. The first-order chi connectivity index (χ1) is 13.4. The van der Waals surface area contributed by atoms with E-state index < -0.39 is 17.6 Å². The van der Waals surface area contributed by atoms with E-state index in [0.29, 0.717) is 16.5 Å². The van der Waals surface area contributed by atoms with Gasteiger partial charge in [-0.05, 0) is 54.6 Å². The molecule has 1 saturated heterocycles. The minimum Gasteiger partial charge on any atom is -0.457 e. The number of benzene rings is 2. The van der Waals surface area contributed by atoms with Crippen LogP contribution in [-0.2, 0) is 9.59 Å². The maximum atomic E-state index is 13.7. The predicted octanol–water partition coefficient (Wildman–Crippen LogP) is 4.85. The van der Waals surface area contributed by atoms with Gasteiger partial charge in [-0.1, -0.05) is 23.2 Å². The summed E-state index contributed by atoms with van der Waals surface area (Å²) in [6, 6.07) is 14.2. The van der Waals surface area contributed by atoms with Gasteiger partial charge in [0.25, 0.3) is 11.8 Å². The Morgan fingerprint density at radius 3 is 2.46 bits per heavy atom. The van der Waals surface area contributed by atoms with E-state index in [2.05, 4.69) is 5.43 Å². The normalized spacial score (nSPS) is 15.4. The molecule has 1 N–H and O–H groups in total. The number of anilines is 1. The van der Waals surface area contributed by atoms with Crippen LogP contribution in [0.5, 0.6) is 0 Å². The van der Waals surface area contributed by atoms with Crippen LogP contribution < -0.4 is 10.4 Å². The Balaban J connectivity index is 1.61. The van der Waals surface area contributed by atoms with Crippen molar-refractivity contribution in [1.82, 2.24) is 5.43 Å². The highest BCUT2D eigenvalue weighted by Crippen LogP contribution is 2.28. The molecule has 5 nitrogen and oxygen atoms in total. The minimum atomic E-state index is -0.697. The Hall–Kier alpha value is -3.09. The van der Waals surface area contributed by atoms with Crippen LogP contribution >= 0.6 is 23.2 Å². The van der Waals surface area contributed by atoms with E-state index >= 15 is 0 Å². The predicted molar refractivity (Wildman–Crippen MR) is 104 cm³/mol. The number of halogens is 3. The number of amides is 2. The SMILES string of the molecule is O=C1NN(c2ccc(Cl)c(F)c2)C(=O)/C1=C\c1ccc(-c2ccc(Cl)cc2)o1. The van der Waals surface area contributed by atoms with Crippen molar-refractivity contribution in [3.63, 3.8) is 0 Å². The monoisotopic (exact) mass is 416 g/mol. The molecule has 2 aromatic carbocycles. The van der Waals surface area contributed by atoms with Crippen molar-refractivity contribution in [3.05, 3.63) is 81.8 Å². The van der Waals surface area contributed by atoms with Crippen LogP contribution in [0.25, 0.3) is 17.4 Å². The molecule has 0 radical (unpaired) electrons. The number of hydrazine groups is 1. The Morgan fingerprint density at radius 2 is 1.75 bits per heavy atom. The number of furan rings is 1. The molecule has 4 rings (SSSR count). The van der Waals surface area contributed by atoms with Crippen molar-refractivity contribution in [3.8, 4) is 11.3 Å². The fraction of sp³-hybridized carbons (Fsp3) is 0. The summed E-state index contributed by atoms with van der Waals surface area (Å²) in [7, 11) is 0. The average Bonchev–Trinajstić information content (AvgIpc) is 3.25. The maximum absolute atomic E-state index is 13.7. The molecule has 28 heavy (non-hydrogen) atoms. The number of carbonyl (C=O) groups excluding carboxylic acids is 2. The molecule has 140 valence electrons. The van der Waals surface area contributed by atoms with E-state index in [-0.39, 0.29) is 16.3 Å². The number of carbonyl (C=O) groups is 2. The van der Waals surface area contributed by atoms with Gasteiger partial charge in [-0.25, -0.2) is 9.40 Å². The summed E-state index contributed by atoms with van der Waals surface area (Å²) >= 11 is 11.5. The first kappa shape index (κ1) is 18.3. The van der Waals surface area contributed by atoms with E-state index in [4.69, 9.17) is 27.6 Å². The van der Waals surface area contributed by atoms with Crippen LogP contribution in [0.4, 0.5) is 10.1 Å². The minimum absolute atomic E-state index is 0.0807. The van der Waals surface area contributed by atoms with E-state index in [1.807, 2.05) is 0 Å². The van der Waals surface area contributed by atoms with Gasteiger partial charge in [0.2, 0.25) is 0 Å². The Morgan fingerprint density at radius 1 is 1.00 bits per heavy atom. The standard InChI is InChI=1S/C20H11Cl2FN2O3/c21-12-3-1-11(2-4-12)18-8-6-14(28-18)10-15-19(26)24-25(20(15)27)13-5-7-16(22)17(23)9-13/h1-10H,(H,24,26)/b15-10-. The molecule has 2 amide bonds. The van der Waals surface area contributed by atoms with Gasteiger partial charge in [-0.15, -0.1) is 0 Å². The van der Waals surface area contributed by atoms with Gasteiger partial charge in [-0.3, -0.25) is 15.0 Å². The number of nitrogens with one attached hydrogen (secondary N) is 1. The quantitative estimate of drug-likeness (QED) is 0.490. The van der Waals surface area contributed by atoms with Crippen LogP contribution in [0.15, 0.2) is 64.6 Å². The Kier molecular flexibility index (Phi) is 4.66. The third kappa shape index (κ3) is 3.40. The highest BCUT2D eigenvalue weighted by molar-refractivity contribution is 6.32. The summed E-state index contributed by atoms with van der Waals surface area (Å²) in [5, 5.41) is 1.48. The van der Waals surface area contributed by atoms with E-state index in [1.54, 1.807) is 36.4 Å². The fourth-order valence-corrected chi connectivity index (χ4v) is 2.95. The van der Waals surface area contributed by atoms with Crippen LogP contribution in [0.1, 0.15) is 5.76 Å². The molecule has 0 atom stereocenters. The average molecular weight is 417 g/mol. The topological polar surface area (TPSA) is 62.6 Å². The summed E-state index contributed by atoms with van der Waals surface area (Å²) in [5.74, 6) is -1.06. The lowest BCUT2D eigenvalue weighted by atomic mass is 10.2. The summed E-state index contributed by atoms with van der Waals surface area (Å²) in [6.07, 6.45) is 1.34. The number of rotatable bonds is 3. The Bertz CT molecular complexity index is 1120. The lowest BCUT2D eigenvalue weighted by Crippen LogP contribution is -2.35. The zero-order valence-corrected chi connectivity index (χ0v) is 15.6. The van der Waals surface area contributed by atoms with Crippen LogP contribution in [0.2, 0.25) is 10.0 Å². The largest absolute Gasteiger partial charge is 0.457 e. The molecule has 0 spiro atoms. The second-order valence-corrected chi connectivity index (χ2v) is 6.79. The van der Waals surface area contributed by atoms with Gasteiger partial charge in [0.15, 0.2) is 0 Å². The summed E-state index contributed by atoms with van der Waals surface area (Å²) in [6.45, 7) is 0. The van der Waals surface area contributed by atoms with Gasteiger partial charge in [0.05, 0.1) is 10.7 Å². The summed E-state index contributed by atoms with van der Waals surface area (Å²) in [4.78, 5) is 24.8. The number of nitrogens with zero attached hydrogens (tertiary/aromatic N) is 1. The van der Waals surface area contributed by atoms with Crippen molar-refractivity contribution in [1.29, 1.82) is 0 Å². The summed E-state index contributed by atoms with van der Waals surface area (Å²) < 4.78 is 19.4. The maximum Gasteiger partial charge on any atom is 0.282 e. The lowest BCUT2D eigenvalue weighted by molar-refractivity contribution is -0.117. The molecule has 1 fully saturated rings. The second-order valence-electron chi connectivity index (χ2n) is 5.95. The highest BCUT2D eigenvalue weighted by atomic mass is 35.5. The van der Waals surface area contributed by atoms with Gasteiger partial charge in [-0.2, -0.15) is 0 Å². The van der Waals surface area contributed by atoms with E-state index in [1.165, 1.54) is 18.2 Å². The van der Waals surface area contributed by atoms with Crippen LogP contribution in [0, 0.1) is 5.82 Å². The number of hydrogen-bond acceptors (Lipinski definition) is 3. The molecular weight excluding hydrogens is 406 g/mol. The van der Waals surface area contributed by atoms with Crippen LogP contribution in [0.3, 0.4) is 0 Å². The molecule has 0 unspecified atom stereocenters. The zero-order valence-electron chi connectivity index (χ0n) is 14.1. The molecule has 1 aromatic heterocycles. The fourth-order valence-electron chi connectivity index (χ4n) is 2.71. The van der Waals surface area contributed by atoms with Gasteiger partial charge < -0.3 is 4.42 Å². The van der Waals surface area contributed by atoms with Crippen LogP contribution in [-0.4, -0.2) is 11.8 Å². The first-order valence-electron chi connectivity index (χ1n) is 8.10. The molecule has 1 aliphatic heterocycles. The van der Waals surface area contributed by atoms with Gasteiger partial charge in [0, 0.05) is 16.7 Å². The van der Waals surface area contributed by atoms with E-state index in [9.17, 15) is 14.0 Å². The molecule has 8 heteroatoms. The summed E-state index contributed by atoms with van der Waals surface area (Å²) in [5.41, 5.74) is 3.22. The third-order valence-corrected chi connectivity index (χ3v) is 4.65. The van der Waals surface area contributed by atoms with Gasteiger partial charge >= 0.3 is 0 Å². The molecule has 0 bridgehead atoms. The van der Waals surface area contributed by atoms with Crippen molar-refractivity contribution in [2.45, 2.75) is 0 Å². The van der Waals surface area contributed by atoms with E-state index in [0.717, 1.165) is 16.6 Å². The first-order valence-corrected chi connectivity index (χ1v) is 8.86. The molecule has 3 aromatic rings. The van der Waals surface area contributed by atoms with Crippen molar-refractivity contribution < 1.29 is 18.4 Å². The smallest absolute Gasteiger partial charge is 0.282 e. The molecule has 0 saturated carbocycles.